The molecule has 0 N–H and O–H groups in total. The lowest BCUT2D eigenvalue weighted by Crippen LogP contribution is -2.23. The van der Waals surface area contributed by atoms with Crippen molar-refractivity contribution in [3.8, 4) is 23.3 Å². The third kappa shape index (κ3) is 4.64. The van der Waals surface area contributed by atoms with Crippen molar-refractivity contribution < 1.29 is 14.0 Å². The van der Waals surface area contributed by atoms with Crippen LogP contribution in [0.2, 0.25) is 0 Å². The molecule has 30 heavy (non-hydrogen) atoms. The molecule has 8 heteroatoms. The first kappa shape index (κ1) is 20.0. The van der Waals surface area contributed by atoms with Gasteiger partial charge in [0, 0.05) is 31.5 Å². The zero-order valence-electron chi connectivity index (χ0n) is 16.8. The summed E-state index contributed by atoms with van der Waals surface area (Å²) in [6, 6.07) is 13.6. The Morgan fingerprint density at radius 1 is 1.27 bits per heavy atom. The van der Waals surface area contributed by atoms with Crippen LogP contribution in [0.25, 0.3) is 11.4 Å². The first-order valence-corrected chi connectivity index (χ1v) is 9.91. The molecule has 0 amide bonds. The fourth-order valence-electron chi connectivity index (χ4n) is 3.58. The SMILES string of the molecule is COCCOc1ccc(-c2noc([C@H]3CCCN3Cc3cccc(C#N)c3)n2)cn1. The highest BCUT2D eigenvalue weighted by molar-refractivity contribution is 5.53. The average molecular weight is 405 g/mol. The minimum absolute atomic E-state index is 0.0709. The molecule has 0 aliphatic carbocycles. The Labute approximate surface area is 175 Å². The number of methoxy groups -OCH3 is 1. The van der Waals surface area contributed by atoms with E-state index < -0.39 is 0 Å². The number of ether oxygens (including phenoxy) is 2. The van der Waals surface area contributed by atoms with Gasteiger partial charge in [-0.1, -0.05) is 17.3 Å². The second kappa shape index (κ2) is 9.48. The van der Waals surface area contributed by atoms with Crippen molar-refractivity contribution in [2.45, 2.75) is 25.4 Å². The van der Waals surface area contributed by atoms with Gasteiger partial charge in [-0.25, -0.2) is 4.98 Å². The van der Waals surface area contributed by atoms with Crippen molar-refractivity contribution in [3.63, 3.8) is 0 Å². The third-order valence-electron chi connectivity index (χ3n) is 5.06. The molecule has 154 valence electrons. The van der Waals surface area contributed by atoms with E-state index in [2.05, 4.69) is 26.1 Å². The molecular weight excluding hydrogens is 382 g/mol. The number of nitriles is 1. The topological polar surface area (TPSA) is 97.3 Å². The van der Waals surface area contributed by atoms with E-state index in [9.17, 15) is 0 Å². The molecule has 1 aliphatic heterocycles. The minimum Gasteiger partial charge on any atom is -0.475 e. The third-order valence-corrected chi connectivity index (χ3v) is 5.06. The van der Waals surface area contributed by atoms with Crippen molar-refractivity contribution in [3.05, 3.63) is 59.6 Å². The smallest absolute Gasteiger partial charge is 0.244 e. The van der Waals surface area contributed by atoms with Crippen molar-refractivity contribution >= 4 is 0 Å². The van der Waals surface area contributed by atoms with Gasteiger partial charge in [-0.2, -0.15) is 10.2 Å². The van der Waals surface area contributed by atoms with Gasteiger partial charge in [-0.15, -0.1) is 0 Å². The predicted octanol–water partition coefficient (Wildman–Crippen LogP) is 3.37. The molecule has 4 rings (SSSR count). The molecule has 1 aromatic carbocycles. The minimum atomic E-state index is 0.0709. The van der Waals surface area contributed by atoms with Crippen molar-refractivity contribution in [2.24, 2.45) is 0 Å². The van der Waals surface area contributed by atoms with Gasteiger partial charge in [-0.3, -0.25) is 4.90 Å². The van der Waals surface area contributed by atoms with Gasteiger partial charge in [0.05, 0.1) is 24.3 Å². The molecule has 0 unspecified atom stereocenters. The molecule has 1 fully saturated rings. The quantitative estimate of drug-likeness (QED) is 0.526. The van der Waals surface area contributed by atoms with Gasteiger partial charge in [0.25, 0.3) is 0 Å². The summed E-state index contributed by atoms with van der Waals surface area (Å²) in [6.45, 7) is 2.65. The standard InChI is InChI=1S/C22H23N5O3/c1-28-10-11-29-20-8-7-18(14-24-20)21-25-22(30-26-21)19-6-3-9-27(19)15-17-5-2-4-16(12-17)13-23/h2,4-5,7-8,12,14,19H,3,6,9-11,15H2,1H3/t19-/m1/s1. The molecule has 3 heterocycles. The summed E-state index contributed by atoms with van der Waals surface area (Å²) in [5, 5.41) is 13.3. The Kier molecular flexibility index (Phi) is 6.32. The number of aromatic nitrogens is 3. The summed E-state index contributed by atoms with van der Waals surface area (Å²) in [7, 11) is 1.63. The molecule has 0 bridgehead atoms. The Morgan fingerprint density at radius 3 is 3.00 bits per heavy atom. The predicted molar refractivity (Wildman–Crippen MR) is 108 cm³/mol. The number of hydrogen-bond acceptors (Lipinski definition) is 8. The van der Waals surface area contributed by atoms with E-state index in [1.807, 2.05) is 30.3 Å². The maximum absolute atomic E-state index is 9.12. The van der Waals surface area contributed by atoms with Crippen molar-refractivity contribution in [1.29, 1.82) is 5.26 Å². The zero-order chi connectivity index (χ0) is 20.8. The van der Waals surface area contributed by atoms with E-state index in [0.717, 1.165) is 37.1 Å². The second-order valence-corrected chi connectivity index (χ2v) is 7.12. The van der Waals surface area contributed by atoms with Crippen LogP contribution in [0.4, 0.5) is 0 Å². The van der Waals surface area contributed by atoms with E-state index in [1.165, 1.54) is 0 Å². The van der Waals surface area contributed by atoms with Crippen LogP contribution in [-0.4, -0.2) is 46.9 Å². The van der Waals surface area contributed by atoms with Crippen LogP contribution in [0.3, 0.4) is 0 Å². The lowest BCUT2D eigenvalue weighted by atomic mass is 10.1. The van der Waals surface area contributed by atoms with E-state index in [1.54, 1.807) is 19.4 Å². The van der Waals surface area contributed by atoms with Crippen LogP contribution in [0, 0.1) is 11.3 Å². The molecule has 3 aromatic rings. The zero-order valence-corrected chi connectivity index (χ0v) is 16.8. The molecule has 1 saturated heterocycles. The monoisotopic (exact) mass is 405 g/mol. The van der Waals surface area contributed by atoms with Crippen LogP contribution in [0.1, 0.15) is 35.9 Å². The van der Waals surface area contributed by atoms with E-state index in [4.69, 9.17) is 19.3 Å². The summed E-state index contributed by atoms with van der Waals surface area (Å²) in [5.41, 5.74) is 2.55. The lowest BCUT2D eigenvalue weighted by Gasteiger charge is -2.21. The summed E-state index contributed by atoms with van der Waals surface area (Å²) in [4.78, 5) is 11.2. The Hall–Kier alpha value is -3.28. The number of benzene rings is 1. The molecule has 0 radical (unpaired) electrons. The number of likely N-dealkylation sites (tertiary alicyclic amines) is 1. The van der Waals surface area contributed by atoms with Crippen LogP contribution in [-0.2, 0) is 11.3 Å². The van der Waals surface area contributed by atoms with Gasteiger partial charge in [0.15, 0.2) is 0 Å². The molecule has 2 aromatic heterocycles. The highest BCUT2D eigenvalue weighted by Crippen LogP contribution is 2.33. The number of nitrogens with zero attached hydrogens (tertiary/aromatic N) is 5. The Balaban J connectivity index is 1.44. The number of pyridine rings is 1. The summed E-state index contributed by atoms with van der Waals surface area (Å²) >= 11 is 0. The molecule has 1 atom stereocenters. The van der Waals surface area contributed by atoms with E-state index in [0.29, 0.717) is 36.4 Å². The fraction of sp³-hybridized carbons (Fsp3) is 0.364. The van der Waals surface area contributed by atoms with Crippen LogP contribution >= 0.6 is 0 Å². The fourth-order valence-corrected chi connectivity index (χ4v) is 3.58. The van der Waals surface area contributed by atoms with Gasteiger partial charge in [0.2, 0.25) is 17.6 Å². The lowest BCUT2D eigenvalue weighted by molar-refractivity contribution is 0.144. The first-order valence-electron chi connectivity index (χ1n) is 9.91. The normalized spacial score (nSPS) is 16.5. The molecule has 0 spiro atoms. The van der Waals surface area contributed by atoms with Gasteiger partial charge < -0.3 is 14.0 Å². The second-order valence-electron chi connectivity index (χ2n) is 7.12. The number of hydrogen-bond donors (Lipinski definition) is 0. The van der Waals surface area contributed by atoms with Gasteiger partial charge in [-0.05, 0) is 43.1 Å². The summed E-state index contributed by atoms with van der Waals surface area (Å²) in [6.07, 6.45) is 3.70. The Bertz CT molecular complexity index is 1010. The molecule has 0 saturated carbocycles. The maximum atomic E-state index is 9.12. The highest BCUT2D eigenvalue weighted by atomic mass is 16.5. The number of rotatable bonds is 8. The largest absolute Gasteiger partial charge is 0.475 e. The van der Waals surface area contributed by atoms with Crippen LogP contribution in [0.15, 0.2) is 47.1 Å². The summed E-state index contributed by atoms with van der Waals surface area (Å²) < 4.78 is 16.0. The molecule has 8 nitrogen and oxygen atoms in total. The first-order chi connectivity index (χ1) is 14.8. The molecular formula is C22H23N5O3. The molecule has 1 aliphatic rings. The Morgan fingerprint density at radius 2 is 2.20 bits per heavy atom. The summed E-state index contributed by atoms with van der Waals surface area (Å²) in [5.74, 6) is 1.65. The van der Waals surface area contributed by atoms with Crippen LogP contribution < -0.4 is 4.74 Å². The van der Waals surface area contributed by atoms with E-state index >= 15 is 0 Å². The van der Waals surface area contributed by atoms with Crippen molar-refractivity contribution in [2.75, 3.05) is 26.9 Å². The van der Waals surface area contributed by atoms with Crippen LogP contribution in [0.5, 0.6) is 5.88 Å². The van der Waals surface area contributed by atoms with E-state index in [-0.39, 0.29) is 6.04 Å². The maximum Gasteiger partial charge on any atom is 0.244 e. The highest BCUT2D eigenvalue weighted by Gasteiger charge is 2.30. The van der Waals surface area contributed by atoms with Gasteiger partial charge >= 0.3 is 0 Å². The average Bonchev–Trinajstić information content (AvgIpc) is 3.44. The van der Waals surface area contributed by atoms with Gasteiger partial charge in [0.1, 0.15) is 6.61 Å². The van der Waals surface area contributed by atoms with Crippen molar-refractivity contribution in [1.82, 2.24) is 20.0 Å².